The molecule has 2 heterocycles. The van der Waals surface area contributed by atoms with Crippen LogP contribution in [0, 0.1) is 0 Å². The summed E-state index contributed by atoms with van der Waals surface area (Å²) in [5, 5.41) is 14.5. The second kappa shape index (κ2) is 6.80. The number of β-lactam (4-membered cyclic amide) rings is 1. The molecule has 1 aromatic rings. The smallest absolute Gasteiger partial charge is 0.327 e. The molecule has 1 unspecified atom stereocenters. The number of anilines is 1. The van der Waals surface area contributed by atoms with Gasteiger partial charge in [-0.2, -0.15) is 0 Å². The van der Waals surface area contributed by atoms with Gasteiger partial charge in [-0.1, -0.05) is 12.1 Å². The number of rotatable bonds is 6. The second-order valence-corrected chi connectivity index (χ2v) is 9.16. The van der Waals surface area contributed by atoms with E-state index in [9.17, 15) is 24.3 Å². The van der Waals surface area contributed by atoms with Gasteiger partial charge in [0.25, 0.3) is 11.8 Å². The summed E-state index contributed by atoms with van der Waals surface area (Å²) >= 11 is 1.22. The summed E-state index contributed by atoms with van der Waals surface area (Å²) in [6, 6.07) is 5.75. The summed E-state index contributed by atoms with van der Waals surface area (Å²) in [5.74, 6) is -2.88. The summed E-state index contributed by atoms with van der Waals surface area (Å²) in [6.07, 6.45) is 0. The molecule has 0 aliphatic carbocycles. The van der Waals surface area contributed by atoms with Crippen molar-refractivity contribution in [2.75, 3.05) is 11.9 Å². The van der Waals surface area contributed by atoms with Gasteiger partial charge in [0.15, 0.2) is 5.78 Å². The monoisotopic (exact) mass is 405 g/mol. The number of nitrogens with one attached hydrogen (secondary N) is 2. The molecule has 1 aromatic carbocycles. The summed E-state index contributed by atoms with van der Waals surface area (Å²) in [6.45, 7) is 7.17. The van der Waals surface area contributed by atoms with E-state index >= 15 is 0 Å². The number of hydrogen-bond donors (Lipinski definition) is 3. The Labute approximate surface area is 167 Å². The largest absolute Gasteiger partial charge is 0.480 e. The Hall–Kier alpha value is -2.55. The number of nitrogens with zero attached hydrogens (tertiary/aromatic N) is 1. The minimum atomic E-state index is -1.76. The maximum atomic E-state index is 13.0. The van der Waals surface area contributed by atoms with Gasteiger partial charge in [-0.3, -0.25) is 14.4 Å². The lowest BCUT2D eigenvalue weighted by Crippen LogP contribution is -2.82. The van der Waals surface area contributed by atoms with Crippen LogP contribution >= 0.6 is 11.8 Å². The first-order chi connectivity index (χ1) is 13.1. The van der Waals surface area contributed by atoms with Crippen molar-refractivity contribution in [3.63, 3.8) is 0 Å². The van der Waals surface area contributed by atoms with Crippen LogP contribution < -0.4 is 10.6 Å². The highest BCUT2D eigenvalue weighted by atomic mass is 32.2. The van der Waals surface area contributed by atoms with Gasteiger partial charge in [0.1, 0.15) is 11.4 Å². The van der Waals surface area contributed by atoms with Crippen LogP contribution in [0.2, 0.25) is 0 Å². The Kier molecular flexibility index (Phi) is 4.91. The number of carboxylic acid groups (broad SMARTS) is 1. The summed E-state index contributed by atoms with van der Waals surface area (Å²) < 4.78 is -0.796. The van der Waals surface area contributed by atoms with Gasteiger partial charge >= 0.3 is 5.97 Å². The summed E-state index contributed by atoms with van der Waals surface area (Å²) in [5.41, 5.74) is -0.858. The van der Waals surface area contributed by atoms with Crippen molar-refractivity contribution in [2.45, 2.75) is 49.4 Å². The fraction of sp³-hybridized carbons (Fsp3) is 0.474. The quantitative estimate of drug-likeness (QED) is 0.483. The fourth-order valence-electron chi connectivity index (χ4n) is 3.86. The van der Waals surface area contributed by atoms with Crippen LogP contribution in [0.1, 0.15) is 38.1 Å². The summed E-state index contributed by atoms with van der Waals surface area (Å²) in [7, 11) is 0. The maximum absolute atomic E-state index is 13.0. The predicted molar refractivity (Wildman–Crippen MR) is 105 cm³/mol. The minimum Gasteiger partial charge on any atom is -0.480 e. The molecule has 2 fully saturated rings. The molecule has 0 radical (unpaired) electrons. The van der Waals surface area contributed by atoms with E-state index in [1.165, 1.54) is 23.6 Å². The van der Waals surface area contributed by atoms with Gasteiger partial charge in [0.2, 0.25) is 5.54 Å². The number of hydrogen-bond acceptors (Lipinski definition) is 6. The molecule has 0 aromatic heterocycles. The van der Waals surface area contributed by atoms with E-state index in [0.29, 0.717) is 17.8 Å². The van der Waals surface area contributed by atoms with Crippen LogP contribution in [0.3, 0.4) is 0 Å². The average molecular weight is 405 g/mol. The lowest BCUT2D eigenvalue weighted by Gasteiger charge is -2.51. The Morgan fingerprint density at radius 1 is 1.25 bits per heavy atom. The zero-order chi connectivity index (χ0) is 20.9. The number of carboxylic acids is 1. The molecule has 0 spiro atoms. The van der Waals surface area contributed by atoms with Crippen molar-refractivity contribution in [1.29, 1.82) is 0 Å². The number of thioether (sulfide) groups is 1. The number of amides is 2. The third-order valence-corrected chi connectivity index (χ3v) is 6.82. The molecule has 2 aliphatic rings. The zero-order valence-electron chi connectivity index (χ0n) is 16.1. The standard InChI is InChI=1S/C19H23N3O5S/c1-5-20-12-9-7-6-8-11(12)14(24)21-19(10(2)23)16(27)22-13(15(25)26)18(3,4)28-17(19)22/h6-9,13,17,20H,5H2,1-4H3,(H,21,24)(H,25,26)/t13-,17+,19?/m0/s1. The molecule has 0 bridgehead atoms. The first-order valence-corrected chi connectivity index (χ1v) is 9.85. The molecule has 150 valence electrons. The molecule has 2 aliphatic heterocycles. The Morgan fingerprint density at radius 3 is 2.46 bits per heavy atom. The van der Waals surface area contributed by atoms with Gasteiger partial charge in [-0.25, -0.2) is 4.79 Å². The number of carbonyl (C=O) groups is 4. The number of fused-ring (bicyclic) bond motifs is 1. The average Bonchev–Trinajstić information content (AvgIpc) is 2.88. The molecular weight excluding hydrogens is 382 g/mol. The van der Waals surface area contributed by atoms with E-state index in [0.717, 1.165) is 0 Å². The Bertz CT molecular complexity index is 871. The van der Waals surface area contributed by atoms with Crippen molar-refractivity contribution in [2.24, 2.45) is 0 Å². The van der Waals surface area contributed by atoms with E-state index in [1.807, 2.05) is 6.92 Å². The van der Waals surface area contributed by atoms with Gasteiger partial charge in [0.05, 0.1) is 5.56 Å². The molecule has 3 N–H and O–H groups in total. The summed E-state index contributed by atoms with van der Waals surface area (Å²) in [4.78, 5) is 51.4. The van der Waals surface area contributed by atoms with E-state index in [2.05, 4.69) is 10.6 Å². The first-order valence-electron chi connectivity index (χ1n) is 8.97. The van der Waals surface area contributed by atoms with Crippen LogP contribution in [-0.4, -0.2) is 61.8 Å². The number of aliphatic carboxylic acids is 1. The van der Waals surface area contributed by atoms with Crippen molar-refractivity contribution >= 4 is 41.0 Å². The van der Waals surface area contributed by atoms with E-state index < -0.39 is 45.3 Å². The molecule has 3 atom stereocenters. The SMILES string of the molecule is CCNc1ccccc1C(=O)NC1(C(C)=O)C(=O)N2[C@@H](C(=O)O)C(C)(C)S[C@@H]21. The third-order valence-electron chi connectivity index (χ3n) is 5.19. The van der Waals surface area contributed by atoms with Crippen molar-refractivity contribution in [3.05, 3.63) is 29.8 Å². The number of carbonyl (C=O) groups excluding carboxylic acids is 3. The van der Waals surface area contributed by atoms with Gasteiger partial charge in [-0.05, 0) is 39.8 Å². The minimum absolute atomic E-state index is 0.313. The molecule has 2 saturated heterocycles. The number of Topliss-reactive ketones (excluding diaryl/α,β-unsaturated/α-hetero) is 1. The van der Waals surface area contributed by atoms with Crippen molar-refractivity contribution in [3.8, 4) is 0 Å². The lowest BCUT2D eigenvalue weighted by molar-refractivity contribution is -0.170. The van der Waals surface area contributed by atoms with E-state index in [-0.39, 0.29) is 0 Å². The van der Waals surface area contributed by atoms with Crippen molar-refractivity contribution < 1.29 is 24.3 Å². The zero-order valence-corrected chi connectivity index (χ0v) is 16.9. The molecule has 28 heavy (non-hydrogen) atoms. The highest BCUT2D eigenvalue weighted by molar-refractivity contribution is 8.01. The number of para-hydroxylation sites is 1. The predicted octanol–water partition coefficient (Wildman–Crippen LogP) is 1.32. The highest BCUT2D eigenvalue weighted by Crippen LogP contribution is 2.55. The van der Waals surface area contributed by atoms with Gasteiger partial charge < -0.3 is 20.6 Å². The molecule has 9 heteroatoms. The third kappa shape index (κ3) is 2.76. The van der Waals surface area contributed by atoms with Crippen LogP contribution in [0.15, 0.2) is 24.3 Å². The highest BCUT2D eigenvalue weighted by Gasteiger charge is 2.74. The molecule has 0 saturated carbocycles. The Balaban J connectivity index is 1.96. The van der Waals surface area contributed by atoms with Crippen molar-refractivity contribution in [1.82, 2.24) is 10.2 Å². The van der Waals surface area contributed by atoms with E-state index in [1.54, 1.807) is 38.1 Å². The molecule has 3 rings (SSSR count). The fourth-order valence-corrected chi connectivity index (χ4v) is 5.61. The Morgan fingerprint density at radius 2 is 1.89 bits per heavy atom. The topological polar surface area (TPSA) is 116 Å². The first kappa shape index (κ1) is 20.2. The maximum Gasteiger partial charge on any atom is 0.327 e. The molecule has 2 amide bonds. The van der Waals surface area contributed by atoms with Crippen LogP contribution in [0.4, 0.5) is 5.69 Å². The lowest BCUT2D eigenvalue weighted by atomic mass is 9.81. The van der Waals surface area contributed by atoms with Gasteiger partial charge in [-0.15, -0.1) is 11.8 Å². The number of ketones is 1. The van der Waals surface area contributed by atoms with Crippen LogP contribution in [-0.2, 0) is 14.4 Å². The normalized spacial score (nSPS) is 27.6. The second-order valence-electron chi connectivity index (χ2n) is 7.42. The molecular formula is C19H23N3O5S. The number of benzene rings is 1. The van der Waals surface area contributed by atoms with Gasteiger partial charge in [0, 0.05) is 17.0 Å². The molecule has 8 nitrogen and oxygen atoms in total. The van der Waals surface area contributed by atoms with E-state index in [4.69, 9.17) is 0 Å². The van der Waals surface area contributed by atoms with Crippen LogP contribution in [0.25, 0.3) is 0 Å². The van der Waals surface area contributed by atoms with Crippen LogP contribution in [0.5, 0.6) is 0 Å².